The summed E-state index contributed by atoms with van der Waals surface area (Å²) in [6.07, 6.45) is 2.20. The molecule has 4 nitrogen and oxygen atoms in total. The Morgan fingerprint density at radius 1 is 1.22 bits per heavy atom. The number of amides is 1. The highest BCUT2D eigenvalue weighted by molar-refractivity contribution is 5.76. The molecule has 1 amide bonds. The monoisotopic (exact) mass is 316 g/mol. The minimum Gasteiger partial charge on any atom is -0.396 e. The molecule has 4 heteroatoms. The molecule has 0 aliphatic carbocycles. The van der Waals surface area contributed by atoms with Crippen LogP contribution in [-0.4, -0.2) is 48.2 Å². The highest BCUT2D eigenvalue weighted by Gasteiger charge is 2.46. The molecule has 0 saturated carbocycles. The maximum Gasteiger partial charge on any atom is 0.222 e. The number of piperidine rings is 1. The zero-order valence-corrected chi connectivity index (χ0v) is 14.2. The normalized spacial score (nSPS) is 26.2. The fraction of sp³-hybridized carbons (Fsp3) is 0.632. The lowest BCUT2D eigenvalue weighted by atomic mass is 9.73. The first-order valence-electron chi connectivity index (χ1n) is 8.71. The molecule has 2 bridgehead atoms. The fourth-order valence-corrected chi connectivity index (χ4v) is 4.33. The fourth-order valence-electron chi connectivity index (χ4n) is 4.33. The van der Waals surface area contributed by atoms with Gasteiger partial charge in [-0.15, -0.1) is 0 Å². The van der Waals surface area contributed by atoms with E-state index in [1.165, 1.54) is 12.1 Å². The number of anilines is 1. The molecular formula is C19H28N2O2. The van der Waals surface area contributed by atoms with Crippen molar-refractivity contribution in [1.29, 1.82) is 0 Å². The Kier molecular flexibility index (Phi) is 4.62. The van der Waals surface area contributed by atoms with Crippen LogP contribution in [0.2, 0.25) is 0 Å². The van der Waals surface area contributed by atoms with Crippen LogP contribution in [0.25, 0.3) is 0 Å². The number of rotatable bonds is 4. The lowest BCUT2D eigenvalue weighted by Crippen LogP contribution is -2.54. The highest BCUT2D eigenvalue weighted by Crippen LogP contribution is 2.43. The number of para-hydroxylation sites is 1. The number of carbonyl (C=O) groups is 1. The van der Waals surface area contributed by atoms with Crippen LogP contribution in [0.15, 0.2) is 30.3 Å². The maximum absolute atomic E-state index is 12.5. The molecule has 3 aliphatic heterocycles. The third kappa shape index (κ3) is 3.37. The number of fused-ring (bicyclic) bond motifs is 4. The molecule has 0 radical (unpaired) electrons. The number of aliphatic hydroxyl groups excluding tert-OH is 1. The van der Waals surface area contributed by atoms with Crippen molar-refractivity contribution in [3.05, 3.63) is 30.3 Å². The van der Waals surface area contributed by atoms with Gasteiger partial charge in [-0.05, 0) is 36.3 Å². The number of carbonyl (C=O) groups excluding carboxylic acids is 1. The predicted molar refractivity (Wildman–Crippen MR) is 92.4 cm³/mol. The summed E-state index contributed by atoms with van der Waals surface area (Å²) in [5.41, 5.74) is 1.46. The second-order valence-electron chi connectivity index (χ2n) is 7.69. The van der Waals surface area contributed by atoms with Crippen LogP contribution in [0.4, 0.5) is 5.69 Å². The quantitative estimate of drug-likeness (QED) is 0.928. The largest absolute Gasteiger partial charge is 0.396 e. The summed E-state index contributed by atoms with van der Waals surface area (Å²) in [5, 5.41) is 8.98. The van der Waals surface area contributed by atoms with Crippen LogP contribution in [0, 0.1) is 11.3 Å². The van der Waals surface area contributed by atoms with Gasteiger partial charge in [-0.25, -0.2) is 0 Å². The molecule has 2 atom stereocenters. The van der Waals surface area contributed by atoms with E-state index >= 15 is 0 Å². The van der Waals surface area contributed by atoms with E-state index < -0.39 is 0 Å². The minimum atomic E-state index is 0.0913. The van der Waals surface area contributed by atoms with Gasteiger partial charge in [0.15, 0.2) is 0 Å². The molecule has 4 rings (SSSR count). The first-order valence-corrected chi connectivity index (χ1v) is 8.71. The summed E-state index contributed by atoms with van der Waals surface area (Å²) in [6, 6.07) is 10.9. The molecule has 126 valence electrons. The summed E-state index contributed by atoms with van der Waals surface area (Å²) >= 11 is 0. The summed E-state index contributed by atoms with van der Waals surface area (Å²) in [6.45, 7) is 7.44. The lowest BCUT2D eigenvalue weighted by molar-refractivity contribution is -0.131. The Labute approximate surface area is 139 Å². The Hall–Kier alpha value is -1.55. The van der Waals surface area contributed by atoms with Gasteiger partial charge in [0.05, 0.1) is 6.04 Å². The van der Waals surface area contributed by atoms with Crippen LogP contribution >= 0.6 is 0 Å². The van der Waals surface area contributed by atoms with Gasteiger partial charge in [0, 0.05) is 38.3 Å². The SMILES string of the molecule is CC1(C)C[C@@H]2CN(C(=O)CCCO)C[C@H]1N(c1ccccc1)C2. The predicted octanol–water partition coefficient (Wildman–Crippen LogP) is 2.52. The van der Waals surface area contributed by atoms with E-state index in [1.54, 1.807) is 0 Å². The van der Waals surface area contributed by atoms with Crippen molar-refractivity contribution in [2.24, 2.45) is 11.3 Å². The van der Waals surface area contributed by atoms with E-state index in [9.17, 15) is 4.79 Å². The van der Waals surface area contributed by atoms with Crippen molar-refractivity contribution in [3.8, 4) is 0 Å². The van der Waals surface area contributed by atoms with Crippen molar-refractivity contribution in [2.45, 2.75) is 39.2 Å². The number of hydrogen-bond donors (Lipinski definition) is 1. The van der Waals surface area contributed by atoms with Crippen LogP contribution < -0.4 is 4.90 Å². The topological polar surface area (TPSA) is 43.8 Å². The Morgan fingerprint density at radius 2 is 1.96 bits per heavy atom. The van der Waals surface area contributed by atoms with E-state index in [-0.39, 0.29) is 17.9 Å². The zero-order valence-electron chi connectivity index (χ0n) is 14.2. The molecule has 0 aromatic heterocycles. The van der Waals surface area contributed by atoms with Crippen LogP contribution in [0.3, 0.4) is 0 Å². The summed E-state index contributed by atoms with van der Waals surface area (Å²) in [4.78, 5) is 17.0. The molecule has 3 heterocycles. The van der Waals surface area contributed by atoms with Crippen molar-refractivity contribution < 1.29 is 9.90 Å². The van der Waals surface area contributed by atoms with Gasteiger partial charge in [-0.2, -0.15) is 0 Å². The Bertz CT molecular complexity index is 544. The van der Waals surface area contributed by atoms with Crippen molar-refractivity contribution in [2.75, 3.05) is 31.1 Å². The molecule has 3 saturated heterocycles. The van der Waals surface area contributed by atoms with E-state index in [0.717, 1.165) is 19.6 Å². The number of nitrogens with zero attached hydrogens (tertiary/aromatic N) is 2. The lowest BCUT2D eigenvalue weighted by Gasteiger charge is -2.48. The van der Waals surface area contributed by atoms with Crippen molar-refractivity contribution >= 4 is 11.6 Å². The summed E-state index contributed by atoms with van der Waals surface area (Å²) < 4.78 is 0. The van der Waals surface area contributed by atoms with Crippen LogP contribution in [-0.2, 0) is 4.79 Å². The van der Waals surface area contributed by atoms with Gasteiger partial charge in [0.2, 0.25) is 5.91 Å². The Balaban J connectivity index is 1.84. The molecule has 0 spiro atoms. The summed E-state index contributed by atoms with van der Waals surface area (Å²) in [5.74, 6) is 0.712. The molecular weight excluding hydrogens is 288 g/mol. The first kappa shape index (κ1) is 16.3. The smallest absolute Gasteiger partial charge is 0.222 e. The van der Waals surface area contributed by atoms with Gasteiger partial charge >= 0.3 is 0 Å². The molecule has 3 aliphatic rings. The van der Waals surface area contributed by atoms with Crippen molar-refractivity contribution in [1.82, 2.24) is 4.90 Å². The number of benzene rings is 1. The molecule has 1 aromatic rings. The molecule has 1 N–H and O–H groups in total. The third-order valence-corrected chi connectivity index (χ3v) is 5.41. The van der Waals surface area contributed by atoms with Crippen LogP contribution in [0.5, 0.6) is 0 Å². The average molecular weight is 316 g/mol. The van der Waals surface area contributed by atoms with Crippen LogP contribution in [0.1, 0.15) is 33.1 Å². The first-order chi connectivity index (χ1) is 11.0. The van der Waals surface area contributed by atoms with Gasteiger partial charge in [-0.1, -0.05) is 32.0 Å². The maximum atomic E-state index is 12.5. The molecule has 23 heavy (non-hydrogen) atoms. The molecule has 3 fully saturated rings. The zero-order chi connectivity index (χ0) is 16.4. The second-order valence-corrected chi connectivity index (χ2v) is 7.69. The van der Waals surface area contributed by atoms with E-state index in [4.69, 9.17) is 5.11 Å². The van der Waals surface area contributed by atoms with Gasteiger partial charge in [0.25, 0.3) is 0 Å². The Morgan fingerprint density at radius 3 is 2.65 bits per heavy atom. The van der Waals surface area contributed by atoms with Gasteiger partial charge in [0.1, 0.15) is 0 Å². The second kappa shape index (κ2) is 6.52. The molecule has 1 aromatic carbocycles. The summed E-state index contributed by atoms with van der Waals surface area (Å²) in [7, 11) is 0. The molecule has 0 unspecified atom stereocenters. The average Bonchev–Trinajstić information content (AvgIpc) is 2.80. The van der Waals surface area contributed by atoms with E-state index in [0.29, 0.717) is 24.8 Å². The standard InChI is InChI=1S/C19H28N2O2/c1-19(2)11-15-12-20(18(23)9-6-10-22)14-17(19)21(13-15)16-7-4-3-5-8-16/h3-5,7-8,15,17,22H,6,9-14H2,1-2H3/t15-,17-/m1/s1. The third-order valence-electron chi connectivity index (χ3n) is 5.41. The number of hydrogen-bond acceptors (Lipinski definition) is 3. The van der Waals surface area contributed by atoms with Crippen molar-refractivity contribution in [3.63, 3.8) is 0 Å². The van der Waals surface area contributed by atoms with E-state index in [2.05, 4.69) is 49.1 Å². The minimum absolute atomic E-state index is 0.0913. The van der Waals surface area contributed by atoms with Gasteiger partial charge < -0.3 is 14.9 Å². The van der Waals surface area contributed by atoms with Gasteiger partial charge in [-0.3, -0.25) is 4.79 Å². The highest BCUT2D eigenvalue weighted by atomic mass is 16.3. The number of aliphatic hydroxyl groups is 1. The van der Waals surface area contributed by atoms with E-state index in [1.807, 2.05) is 4.90 Å².